The molecule has 1 heterocycles. The lowest BCUT2D eigenvalue weighted by molar-refractivity contribution is -0.129. The molecule has 2 aromatic rings. The van der Waals surface area contributed by atoms with Gasteiger partial charge in [-0.05, 0) is 29.3 Å². The van der Waals surface area contributed by atoms with Crippen LogP contribution in [0, 0.1) is 5.82 Å². The third kappa shape index (κ3) is 6.04. The van der Waals surface area contributed by atoms with E-state index in [4.69, 9.17) is 0 Å². The summed E-state index contributed by atoms with van der Waals surface area (Å²) in [6, 6.07) is 9.19. The second-order valence-corrected chi connectivity index (χ2v) is 4.66. The Labute approximate surface area is 132 Å². The maximum atomic E-state index is 12.7. The predicted octanol–water partition coefficient (Wildman–Crippen LogP) is 1.38. The van der Waals surface area contributed by atoms with E-state index in [0.29, 0.717) is 12.1 Å². The van der Waals surface area contributed by atoms with E-state index in [2.05, 4.69) is 20.8 Å². The molecule has 0 bridgehead atoms. The molecule has 1 aromatic carbocycles. The molecule has 0 aliphatic heterocycles. The van der Waals surface area contributed by atoms with Crippen LogP contribution >= 0.6 is 0 Å². The molecule has 0 unspecified atom stereocenters. The van der Waals surface area contributed by atoms with Crippen molar-refractivity contribution >= 4 is 18.0 Å². The third-order valence-electron chi connectivity index (χ3n) is 2.81. The lowest BCUT2D eigenvalue weighted by Gasteiger charge is -2.04. The molecule has 0 saturated heterocycles. The molecular weight excluding hydrogens is 299 g/mol. The van der Waals surface area contributed by atoms with Crippen LogP contribution in [0.5, 0.6) is 0 Å². The van der Waals surface area contributed by atoms with Crippen LogP contribution in [0.4, 0.5) is 4.39 Å². The number of halogens is 1. The van der Waals surface area contributed by atoms with Crippen molar-refractivity contribution in [3.8, 4) is 0 Å². The minimum Gasteiger partial charge on any atom is -0.352 e. The Bertz CT molecular complexity index is 687. The van der Waals surface area contributed by atoms with Crippen molar-refractivity contribution in [2.75, 3.05) is 0 Å². The molecule has 0 fully saturated rings. The summed E-state index contributed by atoms with van der Waals surface area (Å²) in [6.45, 7) is 0.304. The number of amides is 2. The summed E-state index contributed by atoms with van der Waals surface area (Å²) in [6.07, 6.45) is 4.30. The molecule has 2 amide bonds. The number of pyridine rings is 1. The molecule has 0 radical (unpaired) electrons. The molecule has 1 aromatic heterocycles. The smallest absolute Gasteiger partial charge is 0.249 e. The summed E-state index contributed by atoms with van der Waals surface area (Å²) in [4.78, 5) is 27.1. The summed E-state index contributed by atoms with van der Waals surface area (Å²) in [5, 5.41) is 6.32. The molecule has 2 N–H and O–H groups in total. The number of hydrogen-bond donors (Lipinski definition) is 2. The number of carbonyl (C=O) groups excluding carboxylic acids is 2. The van der Waals surface area contributed by atoms with Gasteiger partial charge in [-0.2, -0.15) is 5.10 Å². The highest BCUT2D eigenvalue weighted by molar-refractivity contribution is 5.97. The summed E-state index contributed by atoms with van der Waals surface area (Å²) >= 11 is 0. The molecule has 0 saturated carbocycles. The van der Waals surface area contributed by atoms with Gasteiger partial charge in [0, 0.05) is 18.9 Å². The zero-order valence-electron chi connectivity index (χ0n) is 12.2. The van der Waals surface area contributed by atoms with Gasteiger partial charge in [-0.3, -0.25) is 14.6 Å². The Hall–Kier alpha value is -3.09. The van der Waals surface area contributed by atoms with Crippen LogP contribution < -0.4 is 10.7 Å². The molecule has 0 aliphatic carbocycles. The van der Waals surface area contributed by atoms with Crippen LogP contribution in [0.1, 0.15) is 17.5 Å². The SMILES string of the molecule is O=C(CC(=O)N/N=C\c1ccc(F)cc1)NCc1cccnc1. The largest absolute Gasteiger partial charge is 0.352 e. The number of nitrogens with one attached hydrogen (secondary N) is 2. The highest BCUT2D eigenvalue weighted by Gasteiger charge is 2.08. The first-order valence-electron chi connectivity index (χ1n) is 6.86. The van der Waals surface area contributed by atoms with Crippen molar-refractivity contribution in [1.29, 1.82) is 0 Å². The molecule has 0 atom stereocenters. The van der Waals surface area contributed by atoms with E-state index in [1.807, 2.05) is 6.07 Å². The normalized spacial score (nSPS) is 10.5. The first kappa shape index (κ1) is 16.3. The van der Waals surface area contributed by atoms with Gasteiger partial charge in [-0.25, -0.2) is 9.82 Å². The van der Waals surface area contributed by atoms with Gasteiger partial charge in [0.15, 0.2) is 0 Å². The zero-order chi connectivity index (χ0) is 16.5. The maximum Gasteiger partial charge on any atom is 0.249 e. The molecule has 0 aliphatic rings. The second kappa shape index (κ2) is 8.38. The van der Waals surface area contributed by atoms with Crippen molar-refractivity contribution in [2.24, 2.45) is 5.10 Å². The van der Waals surface area contributed by atoms with E-state index in [9.17, 15) is 14.0 Å². The Kier molecular flexibility index (Phi) is 5.93. The first-order valence-corrected chi connectivity index (χ1v) is 6.86. The third-order valence-corrected chi connectivity index (χ3v) is 2.81. The summed E-state index contributed by atoms with van der Waals surface area (Å²) < 4.78 is 12.7. The van der Waals surface area contributed by atoms with Crippen molar-refractivity contribution in [2.45, 2.75) is 13.0 Å². The molecule has 2 rings (SSSR count). The quantitative estimate of drug-likeness (QED) is 0.480. The molecule has 118 valence electrons. The average Bonchev–Trinajstić information content (AvgIpc) is 2.56. The molecule has 23 heavy (non-hydrogen) atoms. The average molecular weight is 314 g/mol. The Morgan fingerprint density at radius 3 is 2.65 bits per heavy atom. The van der Waals surface area contributed by atoms with E-state index < -0.39 is 11.8 Å². The number of hydrogen-bond acceptors (Lipinski definition) is 4. The number of rotatable bonds is 6. The van der Waals surface area contributed by atoms with Gasteiger partial charge in [0.1, 0.15) is 12.2 Å². The Morgan fingerprint density at radius 1 is 1.17 bits per heavy atom. The fourth-order valence-corrected chi connectivity index (χ4v) is 1.68. The van der Waals surface area contributed by atoms with Crippen LogP contribution in [-0.4, -0.2) is 23.0 Å². The summed E-state index contributed by atoms with van der Waals surface area (Å²) in [5.41, 5.74) is 3.71. The standard InChI is InChI=1S/C16H15FN4O2/c17-14-5-3-12(4-6-14)11-20-21-16(23)8-15(22)19-10-13-2-1-7-18-9-13/h1-7,9,11H,8,10H2,(H,19,22)(H,21,23)/b20-11-. The van der Waals surface area contributed by atoms with Crippen LogP contribution in [-0.2, 0) is 16.1 Å². The first-order chi connectivity index (χ1) is 11.1. The highest BCUT2D eigenvalue weighted by atomic mass is 19.1. The molecule has 6 nitrogen and oxygen atoms in total. The minimum absolute atomic E-state index is 0.304. The van der Waals surface area contributed by atoms with Crippen molar-refractivity contribution in [1.82, 2.24) is 15.7 Å². The van der Waals surface area contributed by atoms with E-state index in [0.717, 1.165) is 5.56 Å². The summed E-state index contributed by atoms with van der Waals surface area (Å²) in [5.74, 6) is -1.30. The molecule has 0 spiro atoms. The predicted molar refractivity (Wildman–Crippen MR) is 82.8 cm³/mol. The minimum atomic E-state index is -0.535. The maximum absolute atomic E-state index is 12.7. The van der Waals surface area contributed by atoms with Crippen LogP contribution in [0.2, 0.25) is 0 Å². The lowest BCUT2D eigenvalue weighted by Crippen LogP contribution is -2.29. The van der Waals surface area contributed by atoms with E-state index in [1.54, 1.807) is 18.5 Å². The molecule has 7 heteroatoms. The Balaban J connectivity index is 1.71. The van der Waals surface area contributed by atoms with Gasteiger partial charge in [0.05, 0.1) is 6.21 Å². The van der Waals surface area contributed by atoms with Gasteiger partial charge >= 0.3 is 0 Å². The van der Waals surface area contributed by atoms with Gasteiger partial charge in [-0.1, -0.05) is 18.2 Å². The van der Waals surface area contributed by atoms with Crippen molar-refractivity contribution < 1.29 is 14.0 Å². The van der Waals surface area contributed by atoms with Crippen molar-refractivity contribution in [3.63, 3.8) is 0 Å². The Morgan fingerprint density at radius 2 is 1.96 bits per heavy atom. The second-order valence-electron chi connectivity index (χ2n) is 4.66. The van der Waals surface area contributed by atoms with Crippen molar-refractivity contribution in [3.05, 3.63) is 65.7 Å². The van der Waals surface area contributed by atoms with E-state index >= 15 is 0 Å². The van der Waals surface area contributed by atoms with E-state index in [-0.39, 0.29) is 12.2 Å². The number of benzene rings is 1. The number of aromatic nitrogens is 1. The van der Waals surface area contributed by atoms with Gasteiger partial charge in [-0.15, -0.1) is 0 Å². The van der Waals surface area contributed by atoms with Crippen LogP contribution in [0.25, 0.3) is 0 Å². The topological polar surface area (TPSA) is 83.5 Å². The zero-order valence-corrected chi connectivity index (χ0v) is 12.2. The number of carbonyl (C=O) groups is 2. The van der Waals surface area contributed by atoms with Gasteiger partial charge in [0.25, 0.3) is 0 Å². The number of nitrogens with zero attached hydrogens (tertiary/aromatic N) is 2. The van der Waals surface area contributed by atoms with Crippen LogP contribution in [0.3, 0.4) is 0 Å². The molecular formula is C16H15FN4O2. The van der Waals surface area contributed by atoms with Gasteiger partial charge < -0.3 is 5.32 Å². The number of hydrazone groups is 1. The van der Waals surface area contributed by atoms with Gasteiger partial charge in [0.2, 0.25) is 11.8 Å². The lowest BCUT2D eigenvalue weighted by atomic mass is 10.2. The monoisotopic (exact) mass is 314 g/mol. The summed E-state index contributed by atoms with van der Waals surface area (Å²) in [7, 11) is 0. The highest BCUT2D eigenvalue weighted by Crippen LogP contribution is 1.99. The van der Waals surface area contributed by atoms with Crippen LogP contribution in [0.15, 0.2) is 53.9 Å². The fraction of sp³-hybridized carbons (Fsp3) is 0.125. The van der Waals surface area contributed by atoms with E-state index in [1.165, 1.54) is 30.5 Å². The fourth-order valence-electron chi connectivity index (χ4n) is 1.68.